The van der Waals surface area contributed by atoms with Gasteiger partial charge in [0.05, 0.1) is 5.02 Å². The molecule has 1 aromatic carbocycles. The van der Waals surface area contributed by atoms with Crippen LogP contribution in [0.3, 0.4) is 0 Å². The van der Waals surface area contributed by atoms with Gasteiger partial charge in [-0.15, -0.1) is 11.8 Å². The Morgan fingerprint density at radius 1 is 1.28 bits per heavy atom. The fourth-order valence-corrected chi connectivity index (χ4v) is 3.01. The van der Waals surface area contributed by atoms with Gasteiger partial charge in [0.2, 0.25) is 0 Å². The van der Waals surface area contributed by atoms with E-state index in [1.807, 2.05) is 6.07 Å². The number of anilines is 1. The van der Waals surface area contributed by atoms with Crippen molar-refractivity contribution in [2.24, 2.45) is 0 Å². The molecule has 0 unspecified atom stereocenters. The number of nitrogens with zero attached hydrogens (tertiary/aromatic N) is 1. The molecule has 0 amide bonds. The molecule has 2 rings (SSSR count). The quantitative estimate of drug-likeness (QED) is 0.674. The van der Waals surface area contributed by atoms with Crippen molar-refractivity contribution in [2.75, 3.05) is 5.73 Å². The van der Waals surface area contributed by atoms with Gasteiger partial charge in [0.15, 0.2) is 0 Å². The Balaban J connectivity index is 2.21. The highest BCUT2D eigenvalue weighted by atomic mass is 35.5. The Hall–Kier alpha value is -0.970. The van der Waals surface area contributed by atoms with Crippen LogP contribution in [-0.2, 0) is 5.75 Å². The standard InChI is InChI=1S/C12H9Cl2FN2S/c13-8-3-4-9(15)11(14)7(8)6-18-10-2-1-5-17-12(10)16/h1-5H,6H2,(H2,16,17). The van der Waals surface area contributed by atoms with Crippen molar-refractivity contribution in [3.8, 4) is 0 Å². The van der Waals surface area contributed by atoms with E-state index in [0.717, 1.165) is 4.90 Å². The maximum atomic E-state index is 13.3. The number of pyridine rings is 1. The van der Waals surface area contributed by atoms with Gasteiger partial charge in [-0.2, -0.15) is 0 Å². The molecule has 1 heterocycles. The van der Waals surface area contributed by atoms with Gasteiger partial charge in [-0.05, 0) is 24.3 Å². The van der Waals surface area contributed by atoms with Crippen molar-refractivity contribution >= 4 is 40.8 Å². The van der Waals surface area contributed by atoms with Crippen molar-refractivity contribution in [1.29, 1.82) is 0 Å². The van der Waals surface area contributed by atoms with E-state index < -0.39 is 5.82 Å². The largest absolute Gasteiger partial charge is 0.383 e. The molecular weight excluding hydrogens is 294 g/mol. The predicted octanol–water partition coefficient (Wildman–Crippen LogP) is 4.40. The Labute approximate surface area is 118 Å². The highest BCUT2D eigenvalue weighted by Gasteiger charge is 2.11. The highest BCUT2D eigenvalue weighted by Crippen LogP contribution is 2.34. The summed E-state index contributed by atoms with van der Waals surface area (Å²) in [6, 6.07) is 6.37. The molecule has 0 bridgehead atoms. The smallest absolute Gasteiger partial charge is 0.142 e. The molecule has 94 valence electrons. The van der Waals surface area contributed by atoms with Gasteiger partial charge in [-0.3, -0.25) is 0 Å². The zero-order chi connectivity index (χ0) is 13.1. The molecule has 0 saturated heterocycles. The van der Waals surface area contributed by atoms with Crippen molar-refractivity contribution in [3.63, 3.8) is 0 Å². The maximum absolute atomic E-state index is 13.3. The summed E-state index contributed by atoms with van der Waals surface area (Å²) in [7, 11) is 0. The zero-order valence-electron chi connectivity index (χ0n) is 9.16. The second-order valence-electron chi connectivity index (χ2n) is 3.50. The van der Waals surface area contributed by atoms with Crippen LogP contribution in [0.4, 0.5) is 10.2 Å². The van der Waals surface area contributed by atoms with E-state index >= 15 is 0 Å². The number of thioether (sulfide) groups is 1. The molecule has 0 aliphatic rings. The number of hydrogen-bond donors (Lipinski definition) is 1. The number of aromatic nitrogens is 1. The van der Waals surface area contributed by atoms with Gasteiger partial charge < -0.3 is 5.73 Å². The topological polar surface area (TPSA) is 38.9 Å². The molecule has 6 heteroatoms. The van der Waals surface area contributed by atoms with Crippen LogP contribution in [0.25, 0.3) is 0 Å². The molecule has 0 fully saturated rings. The van der Waals surface area contributed by atoms with Crippen LogP contribution in [0.5, 0.6) is 0 Å². The first-order valence-corrected chi connectivity index (χ1v) is 6.79. The molecule has 2 nitrogen and oxygen atoms in total. The average Bonchev–Trinajstić information content (AvgIpc) is 2.36. The van der Waals surface area contributed by atoms with E-state index in [-0.39, 0.29) is 5.02 Å². The second kappa shape index (κ2) is 5.78. The molecule has 0 spiro atoms. The molecule has 0 saturated carbocycles. The number of nitrogens with two attached hydrogens (primary N) is 1. The fraction of sp³-hybridized carbons (Fsp3) is 0.0833. The normalized spacial score (nSPS) is 10.6. The van der Waals surface area contributed by atoms with E-state index in [0.29, 0.717) is 22.2 Å². The fourth-order valence-electron chi connectivity index (χ4n) is 1.38. The first-order chi connectivity index (χ1) is 8.59. The minimum absolute atomic E-state index is 0.0532. The van der Waals surface area contributed by atoms with Gasteiger partial charge in [0.1, 0.15) is 11.6 Å². The van der Waals surface area contributed by atoms with Crippen LogP contribution in [0.1, 0.15) is 5.56 Å². The number of rotatable bonds is 3. The lowest BCUT2D eigenvalue weighted by Gasteiger charge is -2.08. The molecule has 0 atom stereocenters. The Morgan fingerprint density at radius 2 is 2.06 bits per heavy atom. The predicted molar refractivity (Wildman–Crippen MR) is 74.6 cm³/mol. The highest BCUT2D eigenvalue weighted by molar-refractivity contribution is 7.98. The average molecular weight is 303 g/mol. The molecule has 2 aromatic rings. The Bertz CT molecular complexity index is 578. The third kappa shape index (κ3) is 2.88. The molecule has 0 aliphatic carbocycles. The molecule has 2 N–H and O–H groups in total. The summed E-state index contributed by atoms with van der Waals surface area (Å²) in [5.41, 5.74) is 6.28. The van der Waals surface area contributed by atoms with Crippen molar-refractivity contribution in [2.45, 2.75) is 10.6 Å². The van der Waals surface area contributed by atoms with Crippen molar-refractivity contribution in [3.05, 3.63) is 51.9 Å². The summed E-state index contributed by atoms with van der Waals surface area (Å²) in [5.74, 6) is 0.396. The summed E-state index contributed by atoms with van der Waals surface area (Å²) < 4.78 is 13.3. The first-order valence-electron chi connectivity index (χ1n) is 5.05. The lowest BCUT2D eigenvalue weighted by molar-refractivity contribution is 0.627. The van der Waals surface area contributed by atoms with Gasteiger partial charge in [0.25, 0.3) is 0 Å². The SMILES string of the molecule is Nc1ncccc1SCc1c(Cl)ccc(F)c1Cl. The summed E-state index contributed by atoms with van der Waals surface area (Å²) in [6.45, 7) is 0. The van der Waals surface area contributed by atoms with Crippen LogP contribution in [0.15, 0.2) is 35.4 Å². The number of nitrogen functional groups attached to an aromatic ring is 1. The summed E-state index contributed by atoms with van der Waals surface area (Å²) in [5, 5.41) is 0.494. The van der Waals surface area contributed by atoms with E-state index in [9.17, 15) is 4.39 Å². The monoisotopic (exact) mass is 302 g/mol. The van der Waals surface area contributed by atoms with Crippen LogP contribution < -0.4 is 5.73 Å². The van der Waals surface area contributed by atoms with Crippen molar-refractivity contribution in [1.82, 2.24) is 4.98 Å². The second-order valence-corrected chi connectivity index (χ2v) is 5.30. The summed E-state index contributed by atoms with van der Waals surface area (Å²) in [6.07, 6.45) is 1.61. The first kappa shape index (κ1) is 13.5. The molecule has 1 aromatic heterocycles. The van der Waals surface area contributed by atoms with E-state index in [4.69, 9.17) is 28.9 Å². The van der Waals surface area contributed by atoms with Gasteiger partial charge >= 0.3 is 0 Å². The van der Waals surface area contributed by atoms with Crippen LogP contribution in [-0.4, -0.2) is 4.98 Å². The zero-order valence-corrected chi connectivity index (χ0v) is 11.5. The summed E-state index contributed by atoms with van der Waals surface area (Å²) in [4.78, 5) is 4.78. The van der Waals surface area contributed by atoms with E-state index in [1.54, 1.807) is 12.3 Å². The molecule has 0 aliphatic heterocycles. The van der Waals surface area contributed by atoms with Crippen LogP contribution in [0, 0.1) is 5.82 Å². The maximum Gasteiger partial charge on any atom is 0.142 e. The lowest BCUT2D eigenvalue weighted by atomic mass is 10.2. The van der Waals surface area contributed by atoms with Crippen LogP contribution >= 0.6 is 35.0 Å². The van der Waals surface area contributed by atoms with E-state index in [2.05, 4.69) is 4.98 Å². The third-order valence-corrected chi connectivity index (χ3v) is 4.16. The third-order valence-electron chi connectivity index (χ3n) is 2.31. The minimum atomic E-state index is -0.476. The van der Waals surface area contributed by atoms with Gasteiger partial charge in [-0.25, -0.2) is 9.37 Å². The van der Waals surface area contributed by atoms with Gasteiger partial charge in [0, 0.05) is 27.4 Å². The summed E-state index contributed by atoms with van der Waals surface area (Å²) >= 11 is 13.3. The van der Waals surface area contributed by atoms with Crippen molar-refractivity contribution < 1.29 is 4.39 Å². The Morgan fingerprint density at radius 3 is 2.78 bits per heavy atom. The molecule has 0 radical (unpaired) electrons. The Kier molecular flexibility index (Phi) is 4.32. The van der Waals surface area contributed by atoms with Gasteiger partial charge in [-0.1, -0.05) is 23.2 Å². The molecule has 18 heavy (non-hydrogen) atoms. The number of halogens is 3. The van der Waals surface area contributed by atoms with Crippen LogP contribution in [0.2, 0.25) is 10.0 Å². The lowest BCUT2D eigenvalue weighted by Crippen LogP contribution is -1.93. The number of hydrogen-bond acceptors (Lipinski definition) is 3. The van der Waals surface area contributed by atoms with E-state index in [1.165, 1.54) is 23.9 Å². The molecular formula is C12H9Cl2FN2S. The minimum Gasteiger partial charge on any atom is -0.383 e. The number of benzene rings is 1.